The Balaban J connectivity index is 1.14. The first-order valence-corrected chi connectivity index (χ1v) is 14.8. The number of nitrogens with zero attached hydrogens (tertiary/aromatic N) is 1. The number of rotatable bonds is 8. The molecule has 0 amide bonds. The lowest BCUT2D eigenvalue weighted by Gasteiger charge is -2.09. The number of fused-ring (bicyclic) bond motifs is 1. The summed E-state index contributed by atoms with van der Waals surface area (Å²) in [7, 11) is -3.98. The third-order valence-electron chi connectivity index (χ3n) is 6.80. The van der Waals surface area contributed by atoms with E-state index < -0.39 is 34.6 Å². The quantitative estimate of drug-likeness (QED) is 0.0754. The van der Waals surface area contributed by atoms with Gasteiger partial charge in [0.2, 0.25) is 12.7 Å². The van der Waals surface area contributed by atoms with E-state index in [1.807, 2.05) is 6.92 Å². The zero-order chi connectivity index (χ0) is 31.8. The van der Waals surface area contributed by atoms with Gasteiger partial charge in [0, 0.05) is 17.2 Å². The molecule has 0 fully saturated rings. The Labute approximate surface area is 255 Å². The molecule has 0 bridgehead atoms. The maximum Gasteiger partial charge on any atom is 0.416 e. The van der Waals surface area contributed by atoms with Crippen molar-refractivity contribution in [3.05, 3.63) is 125 Å². The molecule has 12 heteroatoms. The zero-order valence-corrected chi connectivity index (χ0v) is 24.2. The van der Waals surface area contributed by atoms with Gasteiger partial charge in [-0.15, -0.1) is 0 Å². The van der Waals surface area contributed by atoms with E-state index in [0.717, 1.165) is 28.5 Å². The smallest absolute Gasteiger partial charge is 0.416 e. The average Bonchev–Trinajstić information content (AvgIpc) is 3.63. The minimum absolute atomic E-state index is 0.0281. The van der Waals surface area contributed by atoms with Gasteiger partial charge in [-0.25, -0.2) is 14.0 Å². The molecule has 0 saturated carbocycles. The van der Waals surface area contributed by atoms with Crippen molar-refractivity contribution < 1.29 is 44.5 Å². The fourth-order valence-corrected chi connectivity index (χ4v) is 5.26. The van der Waals surface area contributed by atoms with E-state index in [9.17, 15) is 26.4 Å². The van der Waals surface area contributed by atoms with Crippen LogP contribution in [-0.4, -0.2) is 27.1 Å². The SMILES string of the molecule is Cc1ccc(S(=O)(=O)OCOc2ccc3cc(C4=N/C(=C\c5ccc(-c6cccc(C(F)(F)F)c6)o5)C(=O)O4)ccc3c2)cc1. The maximum atomic E-state index is 13.1. The molecule has 1 aliphatic rings. The van der Waals surface area contributed by atoms with Gasteiger partial charge in [-0.05, 0) is 78.4 Å². The second-order valence-electron chi connectivity index (χ2n) is 9.99. The number of ether oxygens (including phenoxy) is 2. The summed E-state index contributed by atoms with van der Waals surface area (Å²) in [5.74, 6) is 0.133. The topological polar surface area (TPSA) is 104 Å². The minimum atomic E-state index is -4.49. The number of aryl methyl sites for hydroxylation is 1. The van der Waals surface area contributed by atoms with Gasteiger partial charge in [0.25, 0.3) is 10.1 Å². The molecule has 0 atom stereocenters. The second kappa shape index (κ2) is 11.7. The van der Waals surface area contributed by atoms with Crippen LogP contribution in [0.25, 0.3) is 28.2 Å². The predicted molar refractivity (Wildman–Crippen MR) is 159 cm³/mol. The lowest BCUT2D eigenvalue weighted by Crippen LogP contribution is -2.11. The van der Waals surface area contributed by atoms with Gasteiger partial charge >= 0.3 is 12.1 Å². The Morgan fingerprint density at radius 1 is 0.867 bits per heavy atom. The summed E-state index contributed by atoms with van der Waals surface area (Å²) in [4.78, 5) is 16.8. The van der Waals surface area contributed by atoms with Crippen LogP contribution in [0.1, 0.15) is 22.5 Å². The minimum Gasteiger partial charge on any atom is -0.466 e. The normalized spacial score (nSPS) is 14.5. The Hall–Kier alpha value is -5.20. The van der Waals surface area contributed by atoms with Crippen LogP contribution in [0.15, 0.2) is 117 Å². The van der Waals surface area contributed by atoms with Crippen molar-refractivity contribution in [3.8, 4) is 17.1 Å². The van der Waals surface area contributed by atoms with Crippen molar-refractivity contribution in [2.24, 2.45) is 4.99 Å². The molecular weight excluding hydrogens is 611 g/mol. The highest BCUT2D eigenvalue weighted by Gasteiger charge is 2.31. The van der Waals surface area contributed by atoms with E-state index in [4.69, 9.17) is 18.1 Å². The van der Waals surface area contributed by atoms with Crippen LogP contribution in [0.3, 0.4) is 0 Å². The molecule has 0 spiro atoms. The fourth-order valence-electron chi connectivity index (χ4n) is 4.48. The molecule has 1 aliphatic heterocycles. The molecule has 1 aromatic heterocycles. The molecule has 6 rings (SSSR count). The first-order chi connectivity index (χ1) is 21.4. The molecule has 5 aromatic rings. The number of carbonyl (C=O) groups is 1. The highest BCUT2D eigenvalue weighted by Crippen LogP contribution is 2.33. The number of aliphatic imine (C=N–C) groups is 1. The van der Waals surface area contributed by atoms with Gasteiger partial charge in [0.15, 0.2) is 5.70 Å². The Morgan fingerprint density at radius 2 is 1.62 bits per heavy atom. The third-order valence-corrected chi connectivity index (χ3v) is 8.05. The number of furan rings is 1. The number of hydrogen-bond acceptors (Lipinski definition) is 8. The van der Waals surface area contributed by atoms with E-state index in [0.29, 0.717) is 11.3 Å². The van der Waals surface area contributed by atoms with Crippen LogP contribution in [0, 0.1) is 6.92 Å². The molecule has 4 aromatic carbocycles. The van der Waals surface area contributed by atoms with Gasteiger partial charge in [-0.3, -0.25) is 0 Å². The monoisotopic (exact) mass is 633 g/mol. The predicted octanol–water partition coefficient (Wildman–Crippen LogP) is 7.51. The second-order valence-corrected chi connectivity index (χ2v) is 11.6. The summed E-state index contributed by atoms with van der Waals surface area (Å²) in [5.41, 5.74) is 0.825. The summed E-state index contributed by atoms with van der Waals surface area (Å²) >= 11 is 0. The first kappa shape index (κ1) is 29.9. The zero-order valence-electron chi connectivity index (χ0n) is 23.4. The van der Waals surface area contributed by atoms with Crippen molar-refractivity contribution in [1.82, 2.24) is 0 Å². The Morgan fingerprint density at radius 3 is 2.40 bits per heavy atom. The van der Waals surface area contributed by atoms with E-state index in [-0.39, 0.29) is 33.6 Å². The van der Waals surface area contributed by atoms with Crippen molar-refractivity contribution in [3.63, 3.8) is 0 Å². The molecular formula is C33H22F3NO7S. The molecule has 2 heterocycles. The number of carbonyl (C=O) groups excluding carboxylic acids is 1. The standard InChI is InChI=1S/C33H22F3NO7S/c1-20-5-12-28(13-6-20)45(39,40)42-19-41-26-10-9-21-15-24(8-7-22(21)17-26)31-37-29(32(38)44-31)18-27-11-14-30(43-27)23-3-2-4-25(16-23)33(34,35)36/h2-18H,19H2,1H3/b29-18-. The molecule has 8 nitrogen and oxygen atoms in total. The number of cyclic esters (lactones) is 1. The molecule has 0 radical (unpaired) electrons. The van der Waals surface area contributed by atoms with Crippen LogP contribution in [0.2, 0.25) is 0 Å². The number of hydrogen-bond donors (Lipinski definition) is 0. The van der Waals surface area contributed by atoms with Crippen LogP contribution in [0.5, 0.6) is 5.75 Å². The lowest BCUT2D eigenvalue weighted by atomic mass is 10.1. The van der Waals surface area contributed by atoms with Gasteiger partial charge in [0.05, 0.1) is 10.5 Å². The highest BCUT2D eigenvalue weighted by atomic mass is 32.2. The van der Waals surface area contributed by atoms with Crippen LogP contribution >= 0.6 is 0 Å². The van der Waals surface area contributed by atoms with E-state index >= 15 is 0 Å². The summed E-state index contributed by atoms with van der Waals surface area (Å²) in [6.07, 6.45) is -3.15. The lowest BCUT2D eigenvalue weighted by molar-refractivity contribution is -0.137. The number of alkyl halides is 3. The van der Waals surface area contributed by atoms with Crippen molar-refractivity contribution in [2.75, 3.05) is 6.79 Å². The molecule has 0 N–H and O–H groups in total. The van der Waals surface area contributed by atoms with Gasteiger partial charge < -0.3 is 13.9 Å². The van der Waals surface area contributed by atoms with Crippen molar-refractivity contribution in [2.45, 2.75) is 18.0 Å². The van der Waals surface area contributed by atoms with E-state index in [1.54, 1.807) is 48.5 Å². The van der Waals surface area contributed by atoms with Gasteiger partial charge in [0.1, 0.15) is 17.3 Å². The van der Waals surface area contributed by atoms with Crippen LogP contribution in [-0.2, 0) is 30.0 Å². The summed E-state index contributed by atoms with van der Waals surface area (Å²) in [6.45, 7) is 1.33. The molecule has 0 saturated heterocycles. The summed E-state index contributed by atoms with van der Waals surface area (Å²) < 4.78 is 85.5. The van der Waals surface area contributed by atoms with Gasteiger partial charge in [-0.1, -0.05) is 42.0 Å². The van der Waals surface area contributed by atoms with Gasteiger partial charge in [-0.2, -0.15) is 21.6 Å². The first-order valence-electron chi connectivity index (χ1n) is 13.4. The highest BCUT2D eigenvalue weighted by molar-refractivity contribution is 7.86. The Kier molecular flexibility index (Phi) is 7.77. The molecule has 0 unspecified atom stereocenters. The van der Waals surface area contributed by atoms with Crippen molar-refractivity contribution in [1.29, 1.82) is 0 Å². The Bertz CT molecular complexity index is 2100. The third kappa shape index (κ3) is 6.66. The van der Waals surface area contributed by atoms with E-state index in [2.05, 4.69) is 4.99 Å². The maximum absolute atomic E-state index is 13.1. The van der Waals surface area contributed by atoms with Crippen LogP contribution in [0.4, 0.5) is 13.2 Å². The molecule has 45 heavy (non-hydrogen) atoms. The average molecular weight is 634 g/mol. The number of halogens is 3. The fraction of sp³-hybridized carbons (Fsp3) is 0.0909. The van der Waals surface area contributed by atoms with E-state index in [1.165, 1.54) is 42.5 Å². The summed E-state index contributed by atoms with van der Waals surface area (Å²) in [6, 6.07) is 24.3. The largest absolute Gasteiger partial charge is 0.466 e. The summed E-state index contributed by atoms with van der Waals surface area (Å²) in [5, 5.41) is 1.53. The van der Waals surface area contributed by atoms with Crippen LogP contribution < -0.4 is 4.74 Å². The molecule has 0 aliphatic carbocycles. The van der Waals surface area contributed by atoms with Crippen molar-refractivity contribution >= 4 is 38.8 Å². The molecule has 228 valence electrons. The number of benzene rings is 4. The number of esters is 1.